The number of anilines is 1. The fraction of sp³-hybridized carbons (Fsp3) is 0.316. The number of hydrogen-bond donors (Lipinski definition) is 0. The molecule has 0 bridgehead atoms. The van der Waals surface area contributed by atoms with Crippen molar-refractivity contribution in [2.24, 2.45) is 0 Å². The van der Waals surface area contributed by atoms with E-state index in [1.165, 1.54) is 4.88 Å². The number of carbonyl (C=O) groups is 1. The van der Waals surface area contributed by atoms with Crippen molar-refractivity contribution in [2.45, 2.75) is 13.3 Å². The number of para-hydroxylation sites is 1. The molecule has 26 heavy (non-hydrogen) atoms. The van der Waals surface area contributed by atoms with Gasteiger partial charge >= 0.3 is 6.09 Å². The number of carbonyl (C=O) groups excluding carboxylic acids is 1. The molecule has 4 rings (SSSR count). The number of nitrogens with zero attached hydrogens (tertiary/aromatic N) is 4. The van der Waals surface area contributed by atoms with Gasteiger partial charge in [0, 0.05) is 31.1 Å². The third-order valence-corrected chi connectivity index (χ3v) is 5.68. The Labute approximate surface area is 156 Å². The van der Waals surface area contributed by atoms with Gasteiger partial charge in [-0.2, -0.15) is 0 Å². The molecule has 0 atom stereocenters. The number of piperazine rings is 1. The maximum absolute atomic E-state index is 12.3. The van der Waals surface area contributed by atoms with Crippen LogP contribution in [0.4, 0.5) is 10.6 Å². The summed E-state index contributed by atoms with van der Waals surface area (Å²) >= 11 is 1.72. The number of thiophene rings is 1. The second kappa shape index (κ2) is 7.29. The molecule has 7 heteroatoms. The normalized spacial score (nSPS) is 14.7. The Bertz CT molecular complexity index is 904. The van der Waals surface area contributed by atoms with Gasteiger partial charge < -0.3 is 14.5 Å². The Morgan fingerprint density at radius 1 is 1.15 bits per heavy atom. The Morgan fingerprint density at radius 3 is 2.65 bits per heavy atom. The standard InChI is InChI=1S/C19H20N4O2S/c1-2-15-12-16-17(20-13-21-18(16)26-15)22-8-10-23(11-9-22)19(24)25-14-6-4-3-5-7-14/h3-7,12-13H,2,8-11H2,1H3. The molecule has 1 aliphatic heterocycles. The molecule has 1 amide bonds. The third-order valence-electron chi connectivity index (χ3n) is 4.49. The molecular formula is C19H20N4O2S. The summed E-state index contributed by atoms with van der Waals surface area (Å²) in [5, 5.41) is 1.11. The summed E-state index contributed by atoms with van der Waals surface area (Å²) in [7, 11) is 0. The zero-order chi connectivity index (χ0) is 17.9. The van der Waals surface area contributed by atoms with E-state index in [0.29, 0.717) is 18.8 Å². The van der Waals surface area contributed by atoms with Gasteiger partial charge in [-0.1, -0.05) is 25.1 Å². The van der Waals surface area contributed by atoms with Gasteiger partial charge in [0.05, 0.1) is 5.39 Å². The van der Waals surface area contributed by atoms with E-state index in [9.17, 15) is 4.79 Å². The number of ether oxygens (including phenoxy) is 1. The van der Waals surface area contributed by atoms with Gasteiger partial charge in [0.1, 0.15) is 22.7 Å². The second-order valence-corrected chi connectivity index (χ2v) is 7.25. The lowest BCUT2D eigenvalue weighted by Crippen LogP contribution is -2.49. The minimum atomic E-state index is -0.299. The molecule has 6 nitrogen and oxygen atoms in total. The summed E-state index contributed by atoms with van der Waals surface area (Å²) < 4.78 is 5.43. The van der Waals surface area contributed by atoms with Crippen LogP contribution in [0.2, 0.25) is 0 Å². The monoisotopic (exact) mass is 368 g/mol. The van der Waals surface area contributed by atoms with E-state index in [1.54, 1.807) is 34.7 Å². The molecule has 0 saturated carbocycles. The lowest BCUT2D eigenvalue weighted by molar-refractivity contribution is 0.149. The van der Waals surface area contributed by atoms with Gasteiger partial charge in [-0.15, -0.1) is 11.3 Å². The summed E-state index contributed by atoms with van der Waals surface area (Å²) in [5.41, 5.74) is 0. The number of aryl methyl sites for hydroxylation is 1. The van der Waals surface area contributed by atoms with Crippen LogP contribution >= 0.6 is 11.3 Å². The largest absolute Gasteiger partial charge is 0.415 e. The summed E-state index contributed by atoms with van der Waals surface area (Å²) in [4.78, 5) is 27.5. The van der Waals surface area contributed by atoms with Crippen molar-refractivity contribution in [3.8, 4) is 5.75 Å². The van der Waals surface area contributed by atoms with Crippen molar-refractivity contribution in [3.63, 3.8) is 0 Å². The van der Waals surface area contributed by atoms with E-state index < -0.39 is 0 Å². The highest BCUT2D eigenvalue weighted by molar-refractivity contribution is 7.18. The predicted octanol–water partition coefficient (Wildman–Crippen LogP) is 3.57. The smallest absolute Gasteiger partial charge is 0.410 e. The maximum atomic E-state index is 12.3. The molecule has 134 valence electrons. The van der Waals surface area contributed by atoms with E-state index in [2.05, 4.69) is 27.9 Å². The fourth-order valence-electron chi connectivity index (χ4n) is 3.07. The first kappa shape index (κ1) is 16.8. The molecular weight excluding hydrogens is 348 g/mol. The van der Waals surface area contributed by atoms with E-state index in [0.717, 1.165) is 35.5 Å². The molecule has 0 N–H and O–H groups in total. The van der Waals surface area contributed by atoms with Crippen LogP contribution in [0.15, 0.2) is 42.7 Å². The molecule has 1 saturated heterocycles. The average molecular weight is 368 g/mol. The molecule has 0 unspecified atom stereocenters. The van der Waals surface area contributed by atoms with Crippen LogP contribution in [0.25, 0.3) is 10.2 Å². The van der Waals surface area contributed by atoms with Crippen LogP contribution in [0.3, 0.4) is 0 Å². The van der Waals surface area contributed by atoms with Gasteiger partial charge in [-0.25, -0.2) is 14.8 Å². The molecule has 0 aliphatic carbocycles. The topological polar surface area (TPSA) is 58.6 Å². The molecule has 3 heterocycles. The average Bonchev–Trinajstić information content (AvgIpc) is 3.12. The van der Waals surface area contributed by atoms with Crippen LogP contribution < -0.4 is 9.64 Å². The first-order valence-corrected chi connectivity index (χ1v) is 9.56. The number of fused-ring (bicyclic) bond motifs is 1. The van der Waals surface area contributed by atoms with Gasteiger partial charge in [-0.05, 0) is 24.6 Å². The molecule has 3 aromatic rings. The van der Waals surface area contributed by atoms with Crippen LogP contribution in [0.1, 0.15) is 11.8 Å². The predicted molar refractivity (Wildman–Crippen MR) is 103 cm³/mol. The number of rotatable bonds is 3. The molecule has 0 radical (unpaired) electrons. The van der Waals surface area contributed by atoms with Crippen molar-refractivity contribution in [3.05, 3.63) is 47.6 Å². The highest BCUT2D eigenvalue weighted by Crippen LogP contribution is 2.31. The lowest BCUT2D eigenvalue weighted by atomic mass is 10.2. The summed E-state index contributed by atoms with van der Waals surface area (Å²) in [6.45, 7) is 4.83. The van der Waals surface area contributed by atoms with E-state index in [-0.39, 0.29) is 6.09 Å². The van der Waals surface area contributed by atoms with E-state index in [1.807, 2.05) is 18.2 Å². The highest BCUT2D eigenvalue weighted by Gasteiger charge is 2.24. The first-order valence-electron chi connectivity index (χ1n) is 8.75. The van der Waals surface area contributed by atoms with Crippen LogP contribution in [-0.4, -0.2) is 47.1 Å². The SMILES string of the molecule is CCc1cc2c(N3CCN(C(=O)Oc4ccccc4)CC3)ncnc2s1. The summed E-state index contributed by atoms with van der Waals surface area (Å²) in [5.74, 6) is 1.53. The van der Waals surface area contributed by atoms with Crippen LogP contribution in [0, 0.1) is 0 Å². The zero-order valence-electron chi connectivity index (χ0n) is 14.6. The van der Waals surface area contributed by atoms with Crippen molar-refractivity contribution in [1.82, 2.24) is 14.9 Å². The Kier molecular flexibility index (Phi) is 4.71. The Morgan fingerprint density at radius 2 is 1.92 bits per heavy atom. The number of hydrogen-bond acceptors (Lipinski definition) is 6. The van der Waals surface area contributed by atoms with Crippen molar-refractivity contribution < 1.29 is 9.53 Å². The van der Waals surface area contributed by atoms with Gasteiger partial charge in [0.15, 0.2) is 0 Å². The highest BCUT2D eigenvalue weighted by atomic mass is 32.1. The quantitative estimate of drug-likeness (QED) is 0.707. The van der Waals surface area contributed by atoms with Crippen LogP contribution in [0.5, 0.6) is 5.75 Å². The van der Waals surface area contributed by atoms with Gasteiger partial charge in [-0.3, -0.25) is 0 Å². The summed E-state index contributed by atoms with van der Waals surface area (Å²) in [6, 6.07) is 11.4. The van der Waals surface area contributed by atoms with Crippen molar-refractivity contribution >= 4 is 33.5 Å². The molecule has 1 aliphatic rings. The van der Waals surface area contributed by atoms with Crippen LogP contribution in [-0.2, 0) is 6.42 Å². The lowest BCUT2D eigenvalue weighted by Gasteiger charge is -2.34. The van der Waals surface area contributed by atoms with Gasteiger partial charge in [0.2, 0.25) is 0 Å². The van der Waals surface area contributed by atoms with Crippen molar-refractivity contribution in [1.29, 1.82) is 0 Å². The molecule has 1 aromatic carbocycles. The van der Waals surface area contributed by atoms with Crippen molar-refractivity contribution in [2.75, 3.05) is 31.1 Å². The number of aromatic nitrogens is 2. The Hall–Kier alpha value is -2.67. The number of benzene rings is 1. The van der Waals surface area contributed by atoms with E-state index >= 15 is 0 Å². The zero-order valence-corrected chi connectivity index (χ0v) is 15.4. The second-order valence-electron chi connectivity index (χ2n) is 6.14. The summed E-state index contributed by atoms with van der Waals surface area (Å²) in [6.07, 6.45) is 2.33. The molecule has 2 aromatic heterocycles. The Balaban J connectivity index is 1.44. The first-order chi connectivity index (χ1) is 12.7. The fourth-order valence-corrected chi connectivity index (χ4v) is 4.00. The third kappa shape index (κ3) is 3.35. The maximum Gasteiger partial charge on any atom is 0.415 e. The van der Waals surface area contributed by atoms with E-state index in [4.69, 9.17) is 4.74 Å². The van der Waals surface area contributed by atoms with Gasteiger partial charge in [0.25, 0.3) is 0 Å². The molecule has 1 fully saturated rings. The number of amides is 1. The minimum absolute atomic E-state index is 0.299. The minimum Gasteiger partial charge on any atom is -0.410 e. The molecule has 0 spiro atoms.